The Morgan fingerprint density at radius 1 is 1.19 bits per heavy atom. The van der Waals surface area contributed by atoms with E-state index < -0.39 is 0 Å². The van der Waals surface area contributed by atoms with Crippen molar-refractivity contribution in [3.05, 3.63) is 71.3 Å². The average Bonchev–Trinajstić information content (AvgIpc) is 2.61. The molecule has 1 aliphatic heterocycles. The highest BCUT2D eigenvalue weighted by molar-refractivity contribution is 5.42. The summed E-state index contributed by atoms with van der Waals surface area (Å²) >= 11 is 0. The molecule has 1 aromatic rings. The standard InChI is InChI=1S/C17H23N.C4H8.C2H4O.C2H6/c1-4-5-10-18-11-9-17-15(12-14(2)3)7-6-8-16(17)13-18;1-4(2)3;1-2-3;1-2/h6-9,13H,2,4-5,10-12H2,1,3H3;1H2,2-3H3;2-3H,1H2;1-2H3. The van der Waals surface area contributed by atoms with E-state index >= 15 is 0 Å². The monoisotopic (exact) mass is 371 g/mol. The van der Waals surface area contributed by atoms with Crippen LogP contribution in [-0.4, -0.2) is 23.1 Å². The van der Waals surface area contributed by atoms with E-state index in [1.54, 1.807) is 0 Å². The molecule has 0 saturated carbocycles. The molecule has 2 nitrogen and oxygen atoms in total. The Bertz CT molecular complexity index is 666. The molecular weight excluding hydrogens is 330 g/mol. The number of hydrogen-bond donors (Lipinski definition) is 1. The molecule has 2 rings (SSSR count). The summed E-state index contributed by atoms with van der Waals surface area (Å²) in [6.45, 7) is 25.0. The first-order valence-corrected chi connectivity index (χ1v) is 9.91. The fraction of sp³-hybridized carbons (Fsp3) is 0.440. The molecule has 2 heteroatoms. The van der Waals surface area contributed by atoms with E-state index in [1.807, 2.05) is 27.7 Å². The van der Waals surface area contributed by atoms with Gasteiger partial charge in [0, 0.05) is 19.3 Å². The van der Waals surface area contributed by atoms with E-state index in [0.29, 0.717) is 0 Å². The van der Waals surface area contributed by atoms with E-state index in [4.69, 9.17) is 5.11 Å². The van der Waals surface area contributed by atoms with E-state index in [2.05, 4.69) is 69.0 Å². The van der Waals surface area contributed by atoms with Crippen LogP contribution in [0.2, 0.25) is 0 Å². The van der Waals surface area contributed by atoms with Crippen LogP contribution in [-0.2, 0) is 6.42 Å². The van der Waals surface area contributed by atoms with Gasteiger partial charge < -0.3 is 10.0 Å². The Morgan fingerprint density at radius 3 is 2.22 bits per heavy atom. The molecule has 0 aliphatic carbocycles. The van der Waals surface area contributed by atoms with Gasteiger partial charge in [-0.2, -0.15) is 0 Å². The third kappa shape index (κ3) is 13.6. The zero-order chi connectivity index (χ0) is 21.2. The molecule has 1 aromatic carbocycles. The summed E-state index contributed by atoms with van der Waals surface area (Å²) in [7, 11) is 0. The summed E-state index contributed by atoms with van der Waals surface area (Å²) in [4.78, 5) is 2.41. The van der Waals surface area contributed by atoms with Crippen LogP contribution in [0.3, 0.4) is 0 Å². The summed E-state index contributed by atoms with van der Waals surface area (Å²) in [5.41, 5.74) is 3.80. The van der Waals surface area contributed by atoms with Gasteiger partial charge in [-0.15, -0.1) is 6.58 Å². The maximum absolute atomic E-state index is 7.33. The fourth-order valence-electron chi connectivity index (χ4n) is 2.45. The van der Waals surface area contributed by atoms with Gasteiger partial charge in [-0.1, -0.05) is 75.8 Å². The van der Waals surface area contributed by atoms with Crippen LogP contribution in [0.1, 0.15) is 59.9 Å². The van der Waals surface area contributed by atoms with Crippen molar-refractivity contribution in [3.8, 4) is 0 Å². The highest BCUT2D eigenvalue weighted by Gasteiger charge is 2.05. The number of allylic oxidation sites excluding steroid dienone is 2. The van der Waals surface area contributed by atoms with Gasteiger partial charge in [0.25, 0.3) is 0 Å². The highest BCUT2D eigenvalue weighted by Crippen LogP contribution is 2.03. The number of nitrogens with zero attached hydrogens (tertiary/aromatic N) is 1. The topological polar surface area (TPSA) is 23.5 Å². The van der Waals surface area contributed by atoms with Gasteiger partial charge >= 0.3 is 0 Å². The second-order valence-electron chi connectivity index (χ2n) is 6.63. The lowest BCUT2D eigenvalue weighted by Gasteiger charge is -2.21. The van der Waals surface area contributed by atoms with Crippen LogP contribution in [0, 0.1) is 0 Å². The molecule has 1 heterocycles. The van der Waals surface area contributed by atoms with Gasteiger partial charge in [0.2, 0.25) is 0 Å². The molecule has 0 unspecified atom stereocenters. The largest absolute Gasteiger partial charge is 0.516 e. The minimum atomic E-state index is 0.750. The predicted octanol–water partition coefficient (Wildman–Crippen LogP) is 5.74. The summed E-state index contributed by atoms with van der Waals surface area (Å²) < 4.78 is 0. The Kier molecular flexibility index (Phi) is 17.2. The van der Waals surface area contributed by atoms with Crippen LogP contribution in [0.4, 0.5) is 0 Å². The van der Waals surface area contributed by atoms with Crippen molar-refractivity contribution in [1.29, 1.82) is 0 Å². The SMILES string of the molecule is C=C(C)C.C=C(C)Cc1cccc2c1=CCN(CCCC)C=2.C=CO.CC. The van der Waals surface area contributed by atoms with E-state index in [0.717, 1.165) is 25.8 Å². The van der Waals surface area contributed by atoms with Crippen LogP contribution in [0.5, 0.6) is 0 Å². The lowest BCUT2D eigenvalue weighted by molar-refractivity contribution is 0.444. The Morgan fingerprint density at radius 2 is 1.74 bits per heavy atom. The Hall–Kier alpha value is -2.22. The summed E-state index contributed by atoms with van der Waals surface area (Å²) in [6, 6.07) is 6.59. The number of hydrogen-bond acceptors (Lipinski definition) is 2. The average molecular weight is 372 g/mol. The third-order valence-electron chi connectivity index (χ3n) is 3.37. The minimum absolute atomic E-state index is 0.750. The van der Waals surface area contributed by atoms with Gasteiger partial charge in [-0.25, -0.2) is 0 Å². The van der Waals surface area contributed by atoms with Crippen molar-refractivity contribution in [2.75, 3.05) is 13.1 Å². The zero-order valence-electron chi connectivity index (χ0n) is 18.5. The van der Waals surface area contributed by atoms with Gasteiger partial charge in [-0.3, -0.25) is 0 Å². The van der Waals surface area contributed by atoms with Crippen LogP contribution in [0.15, 0.2) is 55.3 Å². The second-order valence-corrected chi connectivity index (χ2v) is 6.63. The molecule has 0 fully saturated rings. The Labute approximate surface area is 167 Å². The fourth-order valence-corrected chi connectivity index (χ4v) is 2.45. The van der Waals surface area contributed by atoms with E-state index in [-0.39, 0.29) is 0 Å². The normalized spacial score (nSPS) is 10.7. The number of rotatable bonds is 5. The number of aliphatic hydroxyl groups is 1. The Balaban J connectivity index is 0. The van der Waals surface area contributed by atoms with Gasteiger partial charge in [0.15, 0.2) is 0 Å². The van der Waals surface area contributed by atoms with Crippen molar-refractivity contribution < 1.29 is 5.11 Å². The van der Waals surface area contributed by atoms with Gasteiger partial charge in [0.1, 0.15) is 0 Å². The number of benzene rings is 1. The van der Waals surface area contributed by atoms with Crippen molar-refractivity contribution in [3.63, 3.8) is 0 Å². The summed E-state index contributed by atoms with van der Waals surface area (Å²) in [5, 5.41) is 10.1. The molecule has 0 bridgehead atoms. The first-order chi connectivity index (χ1) is 12.8. The van der Waals surface area contributed by atoms with Crippen LogP contribution >= 0.6 is 0 Å². The van der Waals surface area contributed by atoms with Crippen molar-refractivity contribution in [2.24, 2.45) is 0 Å². The first-order valence-electron chi connectivity index (χ1n) is 9.91. The molecule has 1 N–H and O–H groups in total. The molecule has 0 amide bonds. The summed E-state index contributed by atoms with van der Waals surface area (Å²) in [5.74, 6) is 0. The molecule has 0 aromatic heterocycles. The zero-order valence-corrected chi connectivity index (χ0v) is 18.5. The van der Waals surface area contributed by atoms with E-state index in [1.165, 1.54) is 40.0 Å². The molecule has 0 saturated heterocycles. The van der Waals surface area contributed by atoms with Crippen LogP contribution < -0.4 is 10.4 Å². The van der Waals surface area contributed by atoms with Crippen molar-refractivity contribution in [2.45, 2.75) is 60.8 Å². The van der Waals surface area contributed by atoms with Crippen molar-refractivity contribution >= 4 is 12.3 Å². The maximum Gasteiger partial charge on any atom is 0.0719 e. The lowest BCUT2D eigenvalue weighted by atomic mass is 10.0. The quantitative estimate of drug-likeness (QED) is 0.527. The smallest absolute Gasteiger partial charge is 0.0719 e. The second kappa shape index (κ2) is 17.2. The summed E-state index contributed by atoms with van der Waals surface area (Å²) in [6.07, 6.45) is 8.94. The van der Waals surface area contributed by atoms with Crippen LogP contribution in [0.25, 0.3) is 12.3 Å². The lowest BCUT2D eigenvalue weighted by Crippen LogP contribution is -2.37. The highest BCUT2D eigenvalue weighted by atomic mass is 16.2. The molecular formula is C25H41NO. The minimum Gasteiger partial charge on any atom is -0.516 e. The van der Waals surface area contributed by atoms with Crippen molar-refractivity contribution in [1.82, 2.24) is 4.90 Å². The maximum atomic E-state index is 7.33. The first kappa shape index (κ1) is 27.0. The number of aliphatic hydroxyl groups excluding tert-OH is 1. The molecule has 0 atom stereocenters. The molecule has 0 radical (unpaired) electrons. The van der Waals surface area contributed by atoms with Gasteiger partial charge in [0.05, 0.1) is 6.26 Å². The molecule has 0 spiro atoms. The molecule has 152 valence electrons. The number of fused-ring (bicyclic) bond motifs is 1. The molecule has 27 heavy (non-hydrogen) atoms. The van der Waals surface area contributed by atoms with Gasteiger partial charge in [-0.05, 0) is 49.6 Å². The predicted molar refractivity (Wildman–Crippen MR) is 124 cm³/mol. The number of unbranched alkanes of at least 4 members (excludes halogenated alkanes) is 1. The van der Waals surface area contributed by atoms with E-state index in [9.17, 15) is 0 Å². The third-order valence-corrected chi connectivity index (χ3v) is 3.37. The molecule has 1 aliphatic rings.